The second kappa shape index (κ2) is 11.3. The van der Waals surface area contributed by atoms with Gasteiger partial charge in [-0.05, 0) is 37.2 Å². The van der Waals surface area contributed by atoms with Gasteiger partial charge in [-0.1, -0.05) is 18.8 Å². The quantitative estimate of drug-likeness (QED) is 0.321. The molecule has 0 fully saturated rings. The molecule has 86 valence electrons. The Morgan fingerprint density at radius 3 is 2.50 bits per heavy atom. The van der Waals surface area contributed by atoms with E-state index in [4.69, 9.17) is 10.2 Å². The van der Waals surface area contributed by atoms with Gasteiger partial charge in [-0.15, -0.1) is 0 Å². The minimum absolute atomic E-state index is 0.0817. The Morgan fingerprint density at radius 2 is 1.88 bits per heavy atom. The molecule has 0 heterocycles. The van der Waals surface area contributed by atoms with E-state index >= 15 is 0 Å². The van der Waals surface area contributed by atoms with E-state index in [1.807, 2.05) is 0 Å². The van der Waals surface area contributed by atoms with Crippen molar-refractivity contribution in [1.82, 2.24) is 0 Å². The molecule has 16 heavy (non-hydrogen) atoms. The predicted octanol–water partition coefficient (Wildman–Crippen LogP) is 3.48. The van der Waals surface area contributed by atoms with Crippen LogP contribution >= 0.6 is 0 Å². The number of allylic oxidation sites excluding steroid dienone is 2. The summed E-state index contributed by atoms with van der Waals surface area (Å²) >= 11 is 0. The van der Waals surface area contributed by atoms with Crippen LogP contribution in [0.2, 0.25) is 0 Å². The van der Waals surface area contributed by atoms with Crippen LogP contribution < -0.4 is 0 Å². The predicted molar refractivity (Wildman–Crippen MR) is 66.8 cm³/mol. The van der Waals surface area contributed by atoms with Gasteiger partial charge in [-0.2, -0.15) is 0 Å². The van der Waals surface area contributed by atoms with Crippen LogP contribution in [0.4, 0.5) is 0 Å². The highest BCUT2D eigenvalue weighted by Crippen LogP contribution is 1.99. The summed E-state index contributed by atoms with van der Waals surface area (Å²) in [4.78, 5) is 0. The van der Waals surface area contributed by atoms with E-state index in [9.17, 15) is 0 Å². The van der Waals surface area contributed by atoms with E-state index in [1.54, 1.807) is 6.08 Å². The third-order valence-electron chi connectivity index (χ3n) is 1.72. The van der Waals surface area contributed by atoms with E-state index in [0.717, 1.165) is 38.4 Å². The average Bonchev–Trinajstić information content (AvgIpc) is 2.27. The van der Waals surface area contributed by atoms with Crippen LogP contribution in [0.3, 0.4) is 0 Å². The Morgan fingerprint density at radius 1 is 1.19 bits per heavy atom. The zero-order valence-electron chi connectivity index (χ0n) is 9.66. The van der Waals surface area contributed by atoms with Crippen LogP contribution in [-0.2, 0) is 0 Å². The van der Waals surface area contributed by atoms with Crippen molar-refractivity contribution in [3.05, 3.63) is 24.2 Å². The Labute approximate surface area is 97.7 Å². The molecule has 0 unspecified atom stereocenters. The van der Waals surface area contributed by atoms with Gasteiger partial charge in [0, 0.05) is 18.9 Å². The fraction of sp³-hybridized carbons (Fsp3) is 0.429. The van der Waals surface area contributed by atoms with Gasteiger partial charge in [0.05, 0.1) is 6.26 Å². The molecule has 2 N–H and O–H groups in total. The lowest BCUT2D eigenvalue weighted by Gasteiger charge is -1.90. The highest BCUT2D eigenvalue weighted by molar-refractivity contribution is 5.25. The molecule has 0 amide bonds. The third kappa shape index (κ3) is 10.3. The Kier molecular flexibility index (Phi) is 10.0. The van der Waals surface area contributed by atoms with Gasteiger partial charge in [-0.25, -0.2) is 0 Å². The number of aliphatic hydroxyl groups is 2. The number of aliphatic hydroxyl groups excluding tert-OH is 2. The van der Waals surface area contributed by atoms with Gasteiger partial charge in [0.15, 0.2) is 0 Å². The Bertz CT molecular complexity index is 342. The summed E-state index contributed by atoms with van der Waals surface area (Å²) in [5.74, 6) is 11.5. The van der Waals surface area contributed by atoms with Crippen molar-refractivity contribution >= 4 is 0 Å². The second-order valence-corrected chi connectivity index (χ2v) is 3.19. The Balaban J connectivity index is 3.61. The fourth-order valence-electron chi connectivity index (χ4n) is 0.923. The van der Waals surface area contributed by atoms with Crippen molar-refractivity contribution < 1.29 is 10.2 Å². The van der Waals surface area contributed by atoms with E-state index < -0.39 is 0 Å². The first kappa shape index (κ1) is 14.2. The maximum Gasteiger partial charge on any atom is 0.114 e. The lowest BCUT2D eigenvalue weighted by atomic mass is 10.2. The normalized spacial score (nSPS) is 10.4. The molecule has 0 aliphatic carbocycles. The highest BCUT2D eigenvalue weighted by atomic mass is 16.3. The van der Waals surface area contributed by atoms with Crippen molar-refractivity contribution in [2.75, 3.05) is 0 Å². The smallest absolute Gasteiger partial charge is 0.114 e. The number of unbranched alkanes of at least 4 members (excludes halogenated alkanes) is 3. The molecule has 0 aliphatic heterocycles. The van der Waals surface area contributed by atoms with Crippen molar-refractivity contribution in [2.45, 2.75) is 39.0 Å². The fourth-order valence-corrected chi connectivity index (χ4v) is 0.923. The molecule has 2 nitrogen and oxygen atoms in total. The third-order valence-corrected chi connectivity index (χ3v) is 1.72. The first-order valence-electron chi connectivity index (χ1n) is 5.46. The molecule has 0 radical (unpaired) electrons. The molecule has 0 bridgehead atoms. The molecule has 0 saturated carbocycles. The van der Waals surface area contributed by atoms with Crippen LogP contribution in [0.1, 0.15) is 39.0 Å². The summed E-state index contributed by atoms with van der Waals surface area (Å²) in [5.41, 5.74) is 0. The van der Waals surface area contributed by atoms with Crippen LogP contribution in [-0.4, -0.2) is 10.2 Å². The summed E-state index contributed by atoms with van der Waals surface area (Å²) < 4.78 is 0. The van der Waals surface area contributed by atoms with E-state index in [2.05, 4.69) is 30.6 Å². The number of hydrogen-bond donors (Lipinski definition) is 2. The summed E-state index contributed by atoms with van der Waals surface area (Å²) in [7, 11) is 0. The van der Waals surface area contributed by atoms with Crippen LogP contribution in [0.5, 0.6) is 0 Å². The summed E-state index contributed by atoms with van der Waals surface area (Å²) in [6.07, 6.45) is 8.07. The van der Waals surface area contributed by atoms with Gasteiger partial charge in [0.25, 0.3) is 0 Å². The van der Waals surface area contributed by atoms with Crippen LogP contribution in [0.15, 0.2) is 24.2 Å². The molecule has 0 atom stereocenters. The van der Waals surface area contributed by atoms with Gasteiger partial charge in [0.2, 0.25) is 0 Å². The monoisotopic (exact) mass is 218 g/mol. The lowest BCUT2D eigenvalue weighted by Crippen LogP contribution is -1.76. The minimum Gasteiger partial charge on any atom is -0.515 e. The van der Waals surface area contributed by atoms with Gasteiger partial charge >= 0.3 is 0 Å². The molecular weight excluding hydrogens is 200 g/mol. The van der Waals surface area contributed by atoms with Gasteiger partial charge < -0.3 is 10.2 Å². The van der Waals surface area contributed by atoms with Crippen molar-refractivity contribution in [2.24, 2.45) is 0 Å². The summed E-state index contributed by atoms with van der Waals surface area (Å²) in [6, 6.07) is 0. The number of rotatable bonds is 5. The van der Waals surface area contributed by atoms with Crippen molar-refractivity contribution in [3.63, 3.8) is 0 Å². The van der Waals surface area contributed by atoms with Gasteiger partial charge in [0.1, 0.15) is 5.76 Å². The molecular formula is C14H18O2. The molecule has 0 aromatic heterocycles. The average molecular weight is 218 g/mol. The SMILES string of the molecule is CCCC#CC#CCCCC=C(O)C=CO. The minimum atomic E-state index is 0.0817. The van der Waals surface area contributed by atoms with E-state index in [1.165, 1.54) is 6.08 Å². The largest absolute Gasteiger partial charge is 0.515 e. The lowest BCUT2D eigenvalue weighted by molar-refractivity contribution is 0.417. The summed E-state index contributed by atoms with van der Waals surface area (Å²) in [5, 5.41) is 17.5. The number of hydrogen-bond acceptors (Lipinski definition) is 2. The molecule has 0 aromatic carbocycles. The first-order valence-corrected chi connectivity index (χ1v) is 5.46. The second-order valence-electron chi connectivity index (χ2n) is 3.19. The van der Waals surface area contributed by atoms with Crippen molar-refractivity contribution in [3.8, 4) is 23.7 Å². The molecule has 0 aromatic rings. The molecule has 2 heteroatoms. The standard InChI is InChI=1S/C14H18O2/c1-2-3-4-5-6-7-8-9-10-11-14(16)12-13-15/h11-13,15-16H,2-3,8-10H2,1H3. The molecule has 0 saturated heterocycles. The van der Waals surface area contributed by atoms with E-state index in [0.29, 0.717) is 0 Å². The van der Waals surface area contributed by atoms with Crippen LogP contribution in [0.25, 0.3) is 0 Å². The highest BCUT2D eigenvalue weighted by Gasteiger charge is 1.85. The first-order chi connectivity index (χ1) is 7.81. The van der Waals surface area contributed by atoms with E-state index in [-0.39, 0.29) is 5.76 Å². The molecule has 0 spiro atoms. The molecule has 0 rings (SSSR count). The maximum absolute atomic E-state index is 9.10. The summed E-state index contributed by atoms with van der Waals surface area (Å²) in [6.45, 7) is 2.09. The van der Waals surface area contributed by atoms with Crippen LogP contribution in [0, 0.1) is 23.7 Å². The molecule has 0 aliphatic rings. The Hall–Kier alpha value is -1.80. The van der Waals surface area contributed by atoms with Gasteiger partial charge in [-0.3, -0.25) is 0 Å². The zero-order valence-corrected chi connectivity index (χ0v) is 9.66. The maximum atomic E-state index is 9.10. The topological polar surface area (TPSA) is 40.5 Å². The van der Waals surface area contributed by atoms with Crippen molar-refractivity contribution in [1.29, 1.82) is 0 Å². The zero-order chi connectivity index (χ0) is 12.1.